The lowest BCUT2D eigenvalue weighted by Crippen LogP contribution is -2.51. The summed E-state index contributed by atoms with van der Waals surface area (Å²) in [6.45, 7) is 7.60. The van der Waals surface area contributed by atoms with Crippen LogP contribution in [0.5, 0.6) is 0 Å². The van der Waals surface area contributed by atoms with E-state index >= 15 is 0 Å². The van der Waals surface area contributed by atoms with E-state index in [4.69, 9.17) is 4.74 Å². The van der Waals surface area contributed by atoms with Crippen molar-refractivity contribution in [1.29, 1.82) is 0 Å². The molecule has 0 N–H and O–H groups in total. The first kappa shape index (κ1) is 21.8. The summed E-state index contributed by atoms with van der Waals surface area (Å²) in [7, 11) is 4.20. The molecule has 5 rings (SSSR count). The van der Waals surface area contributed by atoms with Gasteiger partial charge in [-0.15, -0.1) is 0 Å². The third kappa shape index (κ3) is 3.10. The molecule has 0 spiro atoms. The molecular formula is C29H39NO2. The Hall–Kier alpha value is -2.03. The first-order chi connectivity index (χ1) is 15.3. The minimum atomic E-state index is -0.0767. The maximum Gasteiger partial charge on any atom is 0.139 e. The van der Waals surface area contributed by atoms with Gasteiger partial charge in [0.1, 0.15) is 5.78 Å². The van der Waals surface area contributed by atoms with Crippen molar-refractivity contribution in [1.82, 2.24) is 0 Å². The van der Waals surface area contributed by atoms with Gasteiger partial charge in [0, 0.05) is 49.4 Å². The quantitative estimate of drug-likeness (QED) is 0.542. The normalized spacial score (nSPS) is 38.2. The second-order valence-electron chi connectivity index (χ2n) is 11.3. The van der Waals surface area contributed by atoms with Crippen molar-refractivity contribution in [2.24, 2.45) is 28.6 Å². The molecule has 0 amide bonds. The van der Waals surface area contributed by atoms with Gasteiger partial charge in [-0.25, -0.2) is 0 Å². The van der Waals surface area contributed by atoms with Gasteiger partial charge in [-0.2, -0.15) is 0 Å². The molecule has 4 aliphatic rings. The average molecular weight is 434 g/mol. The van der Waals surface area contributed by atoms with Crippen LogP contribution in [0.25, 0.3) is 0 Å². The average Bonchev–Trinajstić information content (AvgIpc) is 3.08. The summed E-state index contributed by atoms with van der Waals surface area (Å²) >= 11 is 0. The molecule has 1 aromatic carbocycles. The Balaban J connectivity index is 1.57. The Bertz CT molecular complexity index is 958. The second kappa shape index (κ2) is 7.78. The second-order valence-corrected chi connectivity index (χ2v) is 11.3. The van der Waals surface area contributed by atoms with E-state index in [1.807, 2.05) is 0 Å². The molecule has 2 saturated carbocycles. The molecule has 0 saturated heterocycles. The maximum absolute atomic E-state index is 12.8. The van der Waals surface area contributed by atoms with E-state index in [1.165, 1.54) is 23.2 Å². The number of allylic oxidation sites excluding steroid dienone is 4. The Morgan fingerprint density at radius 2 is 1.84 bits per heavy atom. The number of ketones is 1. The van der Waals surface area contributed by atoms with Crippen LogP contribution in [0, 0.1) is 28.6 Å². The fraction of sp³-hybridized carbons (Fsp3) is 0.621. The number of hydrogen-bond acceptors (Lipinski definition) is 3. The minimum Gasteiger partial charge on any atom is -0.498 e. The van der Waals surface area contributed by atoms with Crippen LogP contribution in [0.1, 0.15) is 70.8 Å². The summed E-state index contributed by atoms with van der Waals surface area (Å²) in [4.78, 5) is 15.0. The molecule has 2 fully saturated rings. The van der Waals surface area contributed by atoms with Crippen molar-refractivity contribution in [3.8, 4) is 0 Å². The topological polar surface area (TPSA) is 29.5 Å². The first-order valence-electron chi connectivity index (χ1n) is 12.6. The van der Waals surface area contributed by atoms with Gasteiger partial charge in [-0.3, -0.25) is 4.79 Å². The first-order valence-corrected chi connectivity index (χ1v) is 12.6. The molecule has 0 heterocycles. The number of fused-ring (bicyclic) bond motifs is 5. The summed E-state index contributed by atoms with van der Waals surface area (Å²) in [5.74, 6) is 3.87. The zero-order valence-corrected chi connectivity index (χ0v) is 20.5. The zero-order valence-electron chi connectivity index (χ0n) is 20.5. The molecule has 3 heteroatoms. The fourth-order valence-electron chi connectivity index (χ4n) is 7.90. The molecule has 32 heavy (non-hydrogen) atoms. The van der Waals surface area contributed by atoms with Gasteiger partial charge in [0.15, 0.2) is 0 Å². The molecule has 0 bridgehead atoms. The van der Waals surface area contributed by atoms with E-state index in [1.54, 1.807) is 0 Å². The highest BCUT2D eigenvalue weighted by Gasteiger charge is 2.60. The molecular weight excluding hydrogens is 394 g/mol. The van der Waals surface area contributed by atoms with Gasteiger partial charge in [-0.05, 0) is 79.7 Å². The Morgan fingerprint density at radius 3 is 2.53 bits per heavy atom. The Labute approximate surface area is 193 Å². The van der Waals surface area contributed by atoms with Gasteiger partial charge >= 0.3 is 0 Å². The van der Waals surface area contributed by atoms with Crippen LogP contribution in [0.2, 0.25) is 0 Å². The number of benzene rings is 1. The van der Waals surface area contributed by atoms with Crippen LogP contribution in [0.4, 0.5) is 5.69 Å². The van der Waals surface area contributed by atoms with Crippen LogP contribution in [0.15, 0.2) is 47.7 Å². The zero-order chi connectivity index (χ0) is 22.7. The van der Waals surface area contributed by atoms with E-state index in [9.17, 15) is 4.79 Å². The molecule has 0 aliphatic heterocycles. The van der Waals surface area contributed by atoms with E-state index in [2.05, 4.69) is 76.2 Å². The van der Waals surface area contributed by atoms with E-state index < -0.39 is 0 Å². The SMILES string of the molecule is CCOC1=CC2=CCC3C4CCC(=O)C4(C)CCC3C2(C)C(c2ccc(N(C)C)cc2)C1. The number of rotatable bonds is 4. The molecule has 6 unspecified atom stereocenters. The number of anilines is 1. The highest BCUT2D eigenvalue weighted by molar-refractivity contribution is 5.87. The van der Waals surface area contributed by atoms with Crippen LogP contribution < -0.4 is 4.90 Å². The monoisotopic (exact) mass is 433 g/mol. The maximum atomic E-state index is 12.8. The molecule has 172 valence electrons. The van der Waals surface area contributed by atoms with Crippen LogP contribution in [-0.4, -0.2) is 26.5 Å². The van der Waals surface area contributed by atoms with Crippen molar-refractivity contribution >= 4 is 11.5 Å². The molecule has 0 radical (unpaired) electrons. The molecule has 6 atom stereocenters. The van der Waals surface area contributed by atoms with Crippen LogP contribution in [0.3, 0.4) is 0 Å². The summed E-state index contributed by atoms with van der Waals surface area (Å²) in [6, 6.07) is 9.20. The standard InChI is InChI=1S/C29H39NO2/c1-6-32-22-17-20-9-12-23-24-13-14-27(31)28(24,2)16-15-25(23)29(20,3)26(18-22)19-7-10-21(11-8-19)30(4)5/h7-11,17,23-26H,6,12-16,18H2,1-5H3. The lowest BCUT2D eigenvalue weighted by molar-refractivity contribution is -0.131. The summed E-state index contributed by atoms with van der Waals surface area (Å²) < 4.78 is 6.09. The number of carbonyl (C=O) groups excluding carboxylic acids is 1. The predicted octanol–water partition coefficient (Wildman–Crippen LogP) is 6.51. The van der Waals surface area contributed by atoms with Crippen molar-refractivity contribution in [2.45, 2.75) is 65.2 Å². The smallest absolute Gasteiger partial charge is 0.139 e. The molecule has 0 aromatic heterocycles. The fourth-order valence-corrected chi connectivity index (χ4v) is 7.90. The lowest BCUT2D eigenvalue weighted by Gasteiger charge is -2.58. The summed E-state index contributed by atoms with van der Waals surface area (Å²) in [6.07, 6.45) is 11.1. The number of hydrogen-bond donors (Lipinski definition) is 0. The molecule has 4 aliphatic carbocycles. The van der Waals surface area contributed by atoms with Gasteiger partial charge in [0.05, 0.1) is 12.4 Å². The van der Waals surface area contributed by atoms with Gasteiger partial charge in [0.2, 0.25) is 0 Å². The Morgan fingerprint density at radius 1 is 1.09 bits per heavy atom. The van der Waals surface area contributed by atoms with E-state index in [0.29, 0.717) is 29.5 Å². The highest BCUT2D eigenvalue weighted by Crippen LogP contribution is 2.66. The third-order valence-electron chi connectivity index (χ3n) is 9.74. The number of nitrogens with zero attached hydrogens (tertiary/aromatic N) is 1. The highest BCUT2D eigenvalue weighted by atomic mass is 16.5. The van der Waals surface area contributed by atoms with Gasteiger partial charge in [0.25, 0.3) is 0 Å². The predicted molar refractivity (Wildman–Crippen MR) is 131 cm³/mol. The van der Waals surface area contributed by atoms with Crippen molar-refractivity contribution in [3.63, 3.8) is 0 Å². The molecule has 3 nitrogen and oxygen atoms in total. The molecule has 1 aromatic rings. The van der Waals surface area contributed by atoms with Gasteiger partial charge in [-0.1, -0.05) is 32.1 Å². The lowest BCUT2D eigenvalue weighted by atomic mass is 9.46. The number of carbonyl (C=O) groups is 1. The minimum absolute atomic E-state index is 0.0767. The van der Waals surface area contributed by atoms with Crippen molar-refractivity contribution < 1.29 is 9.53 Å². The largest absolute Gasteiger partial charge is 0.498 e. The van der Waals surface area contributed by atoms with E-state index in [-0.39, 0.29) is 10.8 Å². The van der Waals surface area contributed by atoms with Crippen molar-refractivity contribution in [2.75, 3.05) is 25.6 Å². The van der Waals surface area contributed by atoms with Crippen LogP contribution in [-0.2, 0) is 9.53 Å². The van der Waals surface area contributed by atoms with Crippen LogP contribution >= 0.6 is 0 Å². The van der Waals surface area contributed by atoms with Gasteiger partial charge < -0.3 is 9.64 Å². The summed E-state index contributed by atoms with van der Waals surface area (Å²) in [5, 5.41) is 0. The van der Waals surface area contributed by atoms with Crippen molar-refractivity contribution in [3.05, 3.63) is 53.3 Å². The number of ether oxygens (including phenoxy) is 1. The number of Topliss-reactive ketones (excluding diaryl/α,β-unsaturated/α-hetero) is 1. The van der Waals surface area contributed by atoms with E-state index in [0.717, 1.165) is 44.5 Å². The third-order valence-corrected chi connectivity index (χ3v) is 9.74. The Kier molecular flexibility index (Phi) is 5.30. The summed E-state index contributed by atoms with van der Waals surface area (Å²) in [5.41, 5.74) is 4.15.